The van der Waals surface area contributed by atoms with Gasteiger partial charge in [-0.1, -0.05) is 6.32 Å². The van der Waals surface area contributed by atoms with Gasteiger partial charge < -0.3 is 5.32 Å². The van der Waals surface area contributed by atoms with Gasteiger partial charge in [0.05, 0.1) is 0 Å². The minimum atomic E-state index is 1.25. The van der Waals surface area contributed by atoms with Crippen LogP contribution in [0.4, 0.5) is 0 Å². The largest absolute Gasteiger partial charge is 0.324 e. The summed E-state index contributed by atoms with van der Waals surface area (Å²) in [5.41, 5.74) is 0. The molecule has 0 spiro atoms. The van der Waals surface area contributed by atoms with Gasteiger partial charge in [0.2, 0.25) is 0 Å². The number of hydrogen-bond donors (Lipinski definition) is 1. The zero-order valence-corrected chi connectivity index (χ0v) is 4.04. The lowest BCUT2D eigenvalue weighted by Crippen LogP contribution is -2.26. The first-order valence-corrected chi connectivity index (χ1v) is 2.71. The fourth-order valence-electron chi connectivity index (χ4n) is 0.802. The molecule has 1 aliphatic rings. The third-order valence-electron chi connectivity index (χ3n) is 1.21. The predicted octanol–water partition coefficient (Wildman–Crippen LogP) is -0.208. The topological polar surface area (TPSA) is 12.0 Å². The van der Waals surface area contributed by atoms with Gasteiger partial charge in [0.1, 0.15) is 7.28 Å². The van der Waals surface area contributed by atoms with Gasteiger partial charge in [-0.25, -0.2) is 0 Å². The SMILES string of the molecule is B1CCCNC1. The fraction of sp³-hybridized carbons (Fsp3) is 1.00. The van der Waals surface area contributed by atoms with E-state index in [-0.39, 0.29) is 0 Å². The van der Waals surface area contributed by atoms with Crippen LogP contribution in [0.1, 0.15) is 6.42 Å². The lowest BCUT2D eigenvalue weighted by atomic mass is 9.71. The Bertz CT molecular complexity index is 23.0. The fourth-order valence-corrected chi connectivity index (χ4v) is 0.802. The van der Waals surface area contributed by atoms with Crippen molar-refractivity contribution in [3.63, 3.8) is 0 Å². The second-order valence-electron chi connectivity index (χ2n) is 1.81. The molecule has 1 rings (SSSR count). The van der Waals surface area contributed by atoms with E-state index in [4.69, 9.17) is 0 Å². The van der Waals surface area contributed by atoms with Gasteiger partial charge >= 0.3 is 0 Å². The van der Waals surface area contributed by atoms with Crippen molar-refractivity contribution in [3.8, 4) is 0 Å². The summed E-state index contributed by atoms with van der Waals surface area (Å²) in [6.07, 6.45) is 4.08. The Hall–Kier alpha value is 0.0249. The van der Waals surface area contributed by atoms with Gasteiger partial charge in [0, 0.05) is 0 Å². The molecule has 0 saturated carbocycles. The molecule has 0 aromatic heterocycles. The molecule has 1 heterocycles. The molecule has 0 aliphatic carbocycles. The van der Waals surface area contributed by atoms with Crippen LogP contribution < -0.4 is 5.32 Å². The van der Waals surface area contributed by atoms with Crippen molar-refractivity contribution in [1.29, 1.82) is 0 Å². The van der Waals surface area contributed by atoms with Crippen LogP contribution in [-0.2, 0) is 0 Å². The highest BCUT2D eigenvalue weighted by molar-refractivity contribution is 6.35. The molecule has 0 aromatic carbocycles. The van der Waals surface area contributed by atoms with Gasteiger partial charge in [0.25, 0.3) is 0 Å². The lowest BCUT2D eigenvalue weighted by Gasteiger charge is -2.07. The molecule has 1 nitrogen and oxygen atoms in total. The summed E-state index contributed by atoms with van der Waals surface area (Å²) in [4.78, 5) is 0. The third kappa shape index (κ3) is 1.01. The van der Waals surface area contributed by atoms with E-state index in [9.17, 15) is 0 Å². The lowest BCUT2D eigenvalue weighted by molar-refractivity contribution is 0.715. The van der Waals surface area contributed by atoms with E-state index in [0.717, 1.165) is 0 Å². The Morgan fingerprint density at radius 1 is 1.50 bits per heavy atom. The highest BCUT2D eigenvalue weighted by atomic mass is 14.8. The van der Waals surface area contributed by atoms with Crippen molar-refractivity contribution < 1.29 is 0 Å². The van der Waals surface area contributed by atoms with Crippen LogP contribution in [0.3, 0.4) is 0 Å². The summed E-state index contributed by atoms with van der Waals surface area (Å²) < 4.78 is 0. The van der Waals surface area contributed by atoms with E-state index in [1.165, 1.54) is 33.0 Å². The van der Waals surface area contributed by atoms with Crippen molar-refractivity contribution in [2.75, 3.05) is 13.0 Å². The molecule has 0 radical (unpaired) electrons. The molecule has 34 valence electrons. The van der Waals surface area contributed by atoms with Gasteiger partial charge in [0.15, 0.2) is 0 Å². The Morgan fingerprint density at radius 3 is 2.67 bits per heavy atom. The summed E-state index contributed by atoms with van der Waals surface area (Å²) in [6, 6.07) is 0. The molecule has 6 heavy (non-hydrogen) atoms. The van der Waals surface area contributed by atoms with E-state index in [1.54, 1.807) is 0 Å². The Kier molecular flexibility index (Phi) is 1.57. The van der Waals surface area contributed by atoms with E-state index < -0.39 is 0 Å². The maximum atomic E-state index is 3.28. The smallest absolute Gasteiger partial charge is 0.137 e. The minimum Gasteiger partial charge on any atom is -0.324 e. The van der Waals surface area contributed by atoms with Crippen LogP contribution in [0.5, 0.6) is 0 Å². The summed E-state index contributed by atoms with van der Waals surface area (Å²) in [5.74, 6) is 0. The van der Waals surface area contributed by atoms with Crippen molar-refractivity contribution in [3.05, 3.63) is 0 Å². The van der Waals surface area contributed by atoms with Crippen LogP contribution in [0, 0.1) is 0 Å². The Labute approximate surface area is 39.4 Å². The standard InChI is InChI=1S/C4H10BN/c1-2-5-4-6-3-1/h5-6H,1-4H2. The molecule has 0 unspecified atom stereocenters. The Morgan fingerprint density at radius 2 is 2.50 bits per heavy atom. The zero-order chi connectivity index (χ0) is 4.24. The number of nitrogens with one attached hydrogen (secondary N) is 1. The summed E-state index contributed by atoms with van der Waals surface area (Å²) in [6.45, 7) is 1.25. The van der Waals surface area contributed by atoms with Crippen LogP contribution in [0.2, 0.25) is 6.32 Å². The molecule has 0 aromatic rings. The van der Waals surface area contributed by atoms with Crippen LogP contribution in [0.25, 0.3) is 0 Å². The maximum Gasteiger partial charge on any atom is 0.137 e. The molecular formula is C4H10BN. The quantitative estimate of drug-likeness (QED) is 0.399. The average Bonchev–Trinajstić information content (AvgIpc) is 1.72. The molecule has 1 N–H and O–H groups in total. The van der Waals surface area contributed by atoms with Crippen molar-refractivity contribution in [1.82, 2.24) is 5.32 Å². The van der Waals surface area contributed by atoms with Crippen molar-refractivity contribution in [2.24, 2.45) is 0 Å². The average molecular weight is 82.9 g/mol. The molecule has 1 saturated heterocycles. The summed E-state index contributed by atoms with van der Waals surface area (Å²) in [7, 11) is 1.39. The molecule has 0 amide bonds. The van der Waals surface area contributed by atoms with Gasteiger partial charge in [-0.3, -0.25) is 0 Å². The molecule has 1 fully saturated rings. The van der Waals surface area contributed by atoms with Gasteiger partial charge in [-0.05, 0) is 19.4 Å². The highest BCUT2D eigenvalue weighted by Crippen LogP contribution is 1.89. The van der Waals surface area contributed by atoms with Crippen LogP contribution in [0.15, 0.2) is 0 Å². The highest BCUT2D eigenvalue weighted by Gasteiger charge is 1.96. The Balaban J connectivity index is 2.00. The van der Waals surface area contributed by atoms with E-state index >= 15 is 0 Å². The number of hydrogen-bond acceptors (Lipinski definition) is 1. The molecule has 1 aliphatic heterocycles. The van der Waals surface area contributed by atoms with Crippen LogP contribution in [-0.4, -0.2) is 20.3 Å². The minimum absolute atomic E-state index is 1.25. The molecular weight excluding hydrogens is 72.9 g/mol. The first-order valence-electron chi connectivity index (χ1n) is 2.71. The van der Waals surface area contributed by atoms with Crippen molar-refractivity contribution in [2.45, 2.75) is 12.7 Å². The van der Waals surface area contributed by atoms with Crippen LogP contribution >= 0.6 is 0 Å². The number of rotatable bonds is 0. The van der Waals surface area contributed by atoms with E-state index in [1.807, 2.05) is 0 Å². The predicted molar refractivity (Wildman–Crippen MR) is 29.4 cm³/mol. The second kappa shape index (κ2) is 2.24. The third-order valence-corrected chi connectivity index (χ3v) is 1.21. The molecule has 0 bridgehead atoms. The van der Waals surface area contributed by atoms with E-state index in [0.29, 0.717) is 0 Å². The first-order chi connectivity index (χ1) is 3.00. The summed E-state index contributed by atoms with van der Waals surface area (Å²) >= 11 is 0. The normalized spacial score (nSPS) is 22.7. The maximum absolute atomic E-state index is 3.28. The zero-order valence-electron chi connectivity index (χ0n) is 4.04. The summed E-state index contributed by atoms with van der Waals surface area (Å²) in [5, 5.41) is 3.28. The van der Waals surface area contributed by atoms with Gasteiger partial charge in [-0.2, -0.15) is 0 Å². The molecule has 2 heteroatoms. The van der Waals surface area contributed by atoms with E-state index in [2.05, 4.69) is 5.32 Å². The second-order valence-corrected chi connectivity index (χ2v) is 1.81. The first kappa shape index (κ1) is 4.19. The van der Waals surface area contributed by atoms with Gasteiger partial charge in [-0.15, -0.1) is 0 Å². The monoisotopic (exact) mass is 83.1 g/mol. The molecule has 0 atom stereocenters. The van der Waals surface area contributed by atoms with Crippen molar-refractivity contribution >= 4 is 7.28 Å².